The summed E-state index contributed by atoms with van der Waals surface area (Å²) in [5.41, 5.74) is 2.07. The van der Waals surface area contributed by atoms with Crippen molar-refractivity contribution in [3.8, 4) is 27.0 Å². The maximum Gasteiger partial charge on any atom is 0.210 e. The van der Waals surface area contributed by atoms with Gasteiger partial charge in [0, 0.05) is 16.7 Å². The van der Waals surface area contributed by atoms with Crippen LogP contribution in [-0.2, 0) is 5.75 Å². The van der Waals surface area contributed by atoms with Crippen molar-refractivity contribution in [1.29, 1.82) is 0 Å². The van der Waals surface area contributed by atoms with Crippen LogP contribution in [0.1, 0.15) is 5.69 Å². The molecule has 0 radical (unpaired) electrons. The molecule has 1 aromatic carbocycles. The molecule has 0 bridgehead atoms. The standard InChI is InChI=1S/C17H15N5OS3/c1-23-13-6-4-11(5-7-13)16-19-12(9-25-16)10-26-17-21-20-15(22(17)18)14-3-2-8-24-14/h2-9H,10,18H2,1H3. The molecule has 4 rings (SSSR count). The summed E-state index contributed by atoms with van der Waals surface area (Å²) in [5.74, 6) is 8.34. The number of thiophene rings is 1. The van der Waals surface area contributed by atoms with Gasteiger partial charge in [-0.3, -0.25) is 0 Å². The summed E-state index contributed by atoms with van der Waals surface area (Å²) < 4.78 is 6.73. The Labute approximate surface area is 162 Å². The number of methoxy groups -OCH3 is 1. The van der Waals surface area contributed by atoms with Crippen molar-refractivity contribution in [2.75, 3.05) is 13.0 Å². The van der Waals surface area contributed by atoms with Crippen LogP contribution in [0.2, 0.25) is 0 Å². The Balaban J connectivity index is 1.45. The van der Waals surface area contributed by atoms with E-state index >= 15 is 0 Å². The molecular weight excluding hydrogens is 386 g/mol. The van der Waals surface area contributed by atoms with Crippen molar-refractivity contribution in [2.24, 2.45) is 0 Å². The van der Waals surface area contributed by atoms with Gasteiger partial charge in [-0.05, 0) is 35.7 Å². The lowest BCUT2D eigenvalue weighted by Crippen LogP contribution is -2.11. The Kier molecular flexibility index (Phi) is 4.91. The molecule has 0 atom stereocenters. The predicted molar refractivity (Wildman–Crippen MR) is 107 cm³/mol. The summed E-state index contributed by atoms with van der Waals surface area (Å²) in [5, 5.41) is 14.1. The summed E-state index contributed by atoms with van der Waals surface area (Å²) >= 11 is 4.74. The normalized spacial score (nSPS) is 11.0. The molecule has 3 heterocycles. The Morgan fingerprint density at radius 3 is 2.73 bits per heavy atom. The highest BCUT2D eigenvalue weighted by Crippen LogP contribution is 2.30. The van der Waals surface area contributed by atoms with Gasteiger partial charge < -0.3 is 10.6 Å². The van der Waals surface area contributed by atoms with Gasteiger partial charge in [-0.25, -0.2) is 9.66 Å². The number of thioether (sulfide) groups is 1. The molecular formula is C17H15N5OS3. The third-order valence-electron chi connectivity index (χ3n) is 3.64. The number of rotatable bonds is 6. The summed E-state index contributed by atoms with van der Waals surface area (Å²) in [7, 11) is 1.66. The third kappa shape index (κ3) is 3.46. The van der Waals surface area contributed by atoms with Crippen LogP contribution in [0.15, 0.2) is 52.3 Å². The van der Waals surface area contributed by atoms with Gasteiger partial charge in [0.05, 0.1) is 17.7 Å². The van der Waals surface area contributed by atoms with Gasteiger partial charge in [0.25, 0.3) is 0 Å². The summed E-state index contributed by atoms with van der Waals surface area (Å²) in [6.45, 7) is 0. The number of nitrogens with two attached hydrogens (primary N) is 1. The van der Waals surface area contributed by atoms with Gasteiger partial charge in [-0.1, -0.05) is 17.8 Å². The molecule has 0 unspecified atom stereocenters. The largest absolute Gasteiger partial charge is 0.497 e. The van der Waals surface area contributed by atoms with Gasteiger partial charge >= 0.3 is 0 Å². The molecule has 6 nitrogen and oxygen atoms in total. The molecule has 9 heteroatoms. The number of hydrogen-bond acceptors (Lipinski definition) is 8. The molecule has 4 aromatic rings. The molecule has 0 saturated carbocycles. The Bertz CT molecular complexity index is 992. The van der Waals surface area contributed by atoms with E-state index in [1.54, 1.807) is 29.8 Å². The number of benzene rings is 1. The molecule has 0 amide bonds. The average molecular weight is 402 g/mol. The van der Waals surface area contributed by atoms with Gasteiger partial charge in [0.1, 0.15) is 10.8 Å². The van der Waals surface area contributed by atoms with E-state index in [0.29, 0.717) is 16.7 Å². The van der Waals surface area contributed by atoms with Crippen molar-refractivity contribution >= 4 is 34.4 Å². The van der Waals surface area contributed by atoms with Crippen molar-refractivity contribution in [3.05, 3.63) is 52.9 Å². The van der Waals surface area contributed by atoms with Crippen molar-refractivity contribution in [3.63, 3.8) is 0 Å². The van der Waals surface area contributed by atoms with Gasteiger partial charge in [-0.2, -0.15) is 0 Å². The number of hydrogen-bond donors (Lipinski definition) is 1. The zero-order valence-electron chi connectivity index (χ0n) is 13.8. The number of aromatic nitrogens is 4. The van der Waals surface area contributed by atoms with Gasteiger partial charge in [0.15, 0.2) is 5.82 Å². The van der Waals surface area contributed by atoms with Gasteiger partial charge in [0.2, 0.25) is 5.16 Å². The van der Waals surface area contributed by atoms with Crippen LogP contribution >= 0.6 is 34.4 Å². The van der Waals surface area contributed by atoms with E-state index in [0.717, 1.165) is 26.9 Å². The maximum atomic E-state index is 6.13. The highest BCUT2D eigenvalue weighted by atomic mass is 32.2. The second kappa shape index (κ2) is 7.48. The minimum atomic E-state index is 0.674. The average Bonchev–Trinajstić information content (AvgIpc) is 3.41. The lowest BCUT2D eigenvalue weighted by atomic mass is 10.2. The molecule has 26 heavy (non-hydrogen) atoms. The van der Waals surface area contributed by atoms with Crippen molar-refractivity contribution < 1.29 is 4.74 Å². The van der Waals surface area contributed by atoms with E-state index in [-0.39, 0.29) is 0 Å². The van der Waals surface area contributed by atoms with Crippen LogP contribution in [0, 0.1) is 0 Å². The second-order valence-electron chi connectivity index (χ2n) is 5.31. The van der Waals surface area contributed by atoms with E-state index in [4.69, 9.17) is 15.6 Å². The lowest BCUT2D eigenvalue weighted by Gasteiger charge is -2.01. The van der Waals surface area contributed by atoms with Crippen LogP contribution in [0.4, 0.5) is 0 Å². The van der Waals surface area contributed by atoms with Crippen LogP contribution in [-0.4, -0.2) is 27.0 Å². The van der Waals surface area contributed by atoms with E-state index in [1.807, 2.05) is 41.8 Å². The maximum absolute atomic E-state index is 6.13. The highest BCUT2D eigenvalue weighted by Gasteiger charge is 2.14. The number of nitrogens with zero attached hydrogens (tertiary/aromatic N) is 4. The van der Waals surface area contributed by atoms with Gasteiger partial charge in [-0.15, -0.1) is 32.9 Å². The molecule has 0 aliphatic rings. The smallest absolute Gasteiger partial charge is 0.210 e. The predicted octanol–water partition coefficient (Wildman–Crippen LogP) is 4.14. The first-order chi connectivity index (χ1) is 12.7. The monoisotopic (exact) mass is 401 g/mol. The minimum absolute atomic E-state index is 0.674. The quantitative estimate of drug-likeness (QED) is 0.386. The fraction of sp³-hybridized carbons (Fsp3) is 0.118. The molecule has 0 saturated heterocycles. The summed E-state index contributed by atoms with van der Waals surface area (Å²) in [6.07, 6.45) is 0. The number of nitrogen functional groups attached to an aromatic ring is 1. The molecule has 0 aliphatic heterocycles. The Morgan fingerprint density at radius 1 is 1.15 bits per heavy atom. The van der Waals surface area contributed by atoms with E-state index in [9.17, 15) is 0 Å². The number of ether oxygens (including phenoxy) is 1. The molecule has 3 aromatic heterocycles. The van der Waals surface area contributed by atoms with E-state index in [1.165, 1.54) is 16.4 Å². The van der Waals surface area contributed by atoms with Crippen molar-refractivity contribution in [2.45, 2.75) is 10.9 Å². The molecule has 2 N–H and O–H groups in total. The SMILES string of the molecule is COc1ccc(-c2nc(CSc3nnc(-c4cccs4)n3N)cs2)cc1. The zero-order valence-corrected chi connectivity index (χ0v) is 16.3. The topological polar surface area (TPSA) is 78.9 Å². The zero-order chi connectivity index (χ0) is 17.9. The lowest BCUT2D eigenvalue weighted by molar-refractivity contribution is 0.415. The third-order valence-corrected chi connectivity index (χ3v) is 6.43. The molecule has 132 valence electrons. The first-order valence-electron chi connectivity index (χ1n) is 7.70. The van der Waals surface area contributed by atoms with Crippen LogP contribution in [0.3, 0.4) is 0 Å². The Hall–Kier alpha value is -2.36. The van der Waals surface area contributed by atoms with Crippen molar-refractivity contribution in [1.82, 2.24) is 19.9 Å². The molecule has 0 spiro atoms. The highest BCUT2D eigenvalue weighted by molar-refractivity contribution is 7.98. The van der Waals surface area contributed by atoms with Crippen LogP contribution in [0.5, 0.6) is 5.75 Å². The molecule has 0 fully saturated rings. The Morgan fingerprint density at radius 2 is 2.00 bits per heavy atom. The number of thiazole rings is 1. The fourth-order valence-electron chi connectivity index (χ4n) is 2.33. The van der Waals surface area contributed by atoms with E-state index < -0.39 is 0 Å². The van der Waals surface area contributed by atoms with E-state index in [2.05, 4.69) is 15.6 Å². The van der Waals surface area contributed by atoms with Crippen LogP contribution in [0.25, 0.3) is 21.3 Å². The first kappa shape index (κ1) is 17.1. The second-order valence-corrected chi connectivity index (χ2v) is 8.06. The summed E-state index contributed by atoms with van der Waals surface area (Å²) in [6, 6.07) is 11.9. The minimum Gasteiger partial charge on any atom is -0.497 e. The summed E-state index contributed by atoms with van der Waals surface area (Å²) in [4.78, 5) is 5.70. The first-order valence-corrected chi connectivity index (χ1v) is 10.4. The fourth-order valence-corrected chi connectivity index (χ4v) is 4.71. The van der Waals surface area contributed by atoms with Crippen LogP contribution < -0.4 is 10.6 Å². The molecule has 0 aliphatic carbocycles.